The van der Waals surface area contributed by atoms with Crippen LogP contribution in [0.4, 0.5) is 0 Å². The number of rotatable bonds is 4. The Morgan fingerprint density at radius 2 is 1.83 bits per heavy atom. The fourth-order valence-corrected chi connectivity index (χ4v) is 3.39. The summed E-state index contributed by atoms with van der Waals surface area (Å²) in [5.41, 5.74) is 0. The Labute approximate surface area is 111 Å². The van der Waals surface area contributed by atoms with Gasteiger partial charge < -0.3 is 10.2 Å². The van der Waals surface area contributed by atoms with Gasteiger partial charge in [0.1, 0.15) is 0 Å². The zero-order valence-electron chi connectivity index (χ0n) is 11.8. The molecule has 1 saturated carbocycles. The maximum atomic E-state index is 12.3. The van der Waals surface area contributed by atoms with Crippen molar-refractivity contribution < 1.29 is 4.79 Å². The molecule has 2 rings (SSSR count). The molecule has 1 heterocycles. The van der Waals surface area contributed by atoms with Crippen molar-refractivity contribution in [1.82, 2.24) is 10.2 Å². The van der Waals surface area contributed by atoms with Crippen LogP contribution >= 0.6 is 0 Å². The number of hydrogen-bond acceptors (Lipinski definition) is 2. The minimum Gasteiger partial charge on any atom is -0.339 e. The van der Waals surface area contributed by atoms with Gasteiger partial charge in [0.05, 0.1) is 6.54 Å². The Morgan fingerprint density at radius 3 is 2.56 bits per heavy atom. The predicted octanol–water partition coefficient (Wildman–Crippen LogP) is 2.70. The van der Waals surface area contributed by atoms with E-state index in [9.17, 15) is 4.79 Å². The highest BCUT2D eigenvalue weighted by Gasteiger charge is 2.25. The van der Waals surface area contributed by atoms with E-state index in [0.717, 1.165) is 13.0 Å². The Balaban J connectivity index is 1.75. The van der Waals surface area contributed by atoms with E-state index in [4.69, 9.17) is 0 Å². The number of nitrogens with zero attached hydrogens (tertiary/aromatic N) is 1. The van der Waals surface area contributed by atoms with Crippen molar-refractivity contribution in [2.75, 3.05) is 13.1 Å². The summed E-state index contributed by atoms with van der Waals surface area (Å²) in [5, 5.41) is 3.47. The molecule has 104 valence electrons. The quantitative estimate of drug-likeness (QED) is 0.834. The molecule has 1 unspecified atom stereocenters. The van der Waals surface area contributed by atoms with Gasteiger partial charge >= 0.3 is 0 Å². The minimum atomic E-state index is 0.326. The lowest BCUT2D eigenvalue weighted by Crippen LogP contribution is -2.48. The van der Waals surface area contributed by atoms with Crippen LogP contribution in [0.1, 0.15) is 64.7 Å². The zero-order valence-corrected chi connectivity index (χ0v) is 11.8. The maximum Gasteiger partial charge on any atom is 0.236 e. The molecule has 3 nitrogen and oxygen atoms in total. The van der Waals surface area contributed by atoms with Crippen LogP contribution in [0.25, 0.3) is 0 Å². The van der Waals surface area contributed by atoms with Gasteiger partial charge in [-0.1, -0.05) is 26.2 Å². The van der Waals surface area contributed by atoms with E-state index < -0.39 is 0 Å². The van der Waals surface area contributed by atoms with Gasteiger partial charge in [0.15, 0.2) is 0 Å². The summed E-state index contributed by atoms with van der Waals surface area (Å²) in [6.45, 7) is 3.73. The Hall–Kier alpha value is -0.570. The second-order valence-electron chi connectivity index (χ2n) is 5.86. The predicted molar refractivity (Wildman–Crippen MR) is 74.5 cm³/mol. The van der Waals surface area contributed by atoms with E-state index in [1.165, 1.54) is 51.4 Å². The van der Waals surface area contributed by atoms with Crippen LogP contribution < -0.4 is 5.32 Å². The average molecular weight is 252 g/mol. The fraction of sp³-hybridized carbons (Fsp3) is 0.933. The molecule has 1 amide bonds. The first-order valence-electron chi connectivity index (χ1n) is 7.84. The molecule has 1 atom stereocenters. The number of hydrogen-bond donors (Lipinski definition) is 1. The van der Waals surface area contributed by atoms with E-state index in [0.29, 0.717) is 24.5 Å². The molecule has 1 aliphatic heterocycles. The summed E-state index contributed by atoms with van der Waals surface area (Å²) >= 11 is 0. The minimum absolute atomic E-state index is 0.326. The molecular weight excluding hydrogens is 224 g/mol. The van der Waals surface area contributed by atoms with Gasteiger partial charge in [-0.05, 0) is 38.5 Å². The largest absolute Gasteiger partial charge is 0.339 e. The molecule has 0 radical (unpaired) electrons. The molecule has 2 fully saturated rings. The van der Waals surface area contributed by atoms with Crippen molar-refractivity contribution in [2.45, 2.75) is 76.8 Å². The van der Waals surface area contributed by atoms with Crippen LogP contribution in [0.2, 0.25) is 0 Å². The van der Waals surface area contributed by atoms with Crippen LogP contribution in [-0.4, -0.2) is 36.0 Å². The third-order valence-corrected chi connectivity index (χ3v) is 4.57. The molecule has 2 aliphatic rings. The summed E-state index contributed by atoms with van der Waals surface area (Å²) in [4.78, 5) is 14.4. The third-order valence-electron chi connectivity index (χ3n) is 4.57. The standard InChI is InChI=1S/C15H28N2O/c1-2-14-10-6-7-11-17(14)15(18)12-16-13-8-4-3-5-9-13/h13-14,16H,2-12H2,1H3. The first kappa shape index (κ1) is 13.9. The Bertz CT molecular complexity index is 261. The van der Waals surface area contributed by atoms with Crippen LogP contribution in [-0.2, 0) is 4.79 Å². The van der Waals surface area contributed by atoms with Gasteiger partial charge in [-0.3, -0.25) is 4.79 Å². The summed E-state index contributed by atoms with van der Waals surface area (Å²) in [5.74, 6) is 0.326. The topological polar surface area (TPSA) is 32.3 Å². The SMILES string of the molecule is CCC1CCCCN1C(=O)CNC1CCCCC1. The summed E-state index contributed by atoms with van der Waals surface area (Å²) in [6, 6.07) is 1.09. The molecular formula is C15H28N2O. The number of amides is 1. The van der Waals surface area contributed by atoms with Gasteiger partial charge in [-0.25, -0.2) is 0 Å². The van der Waals surface area contributed by atoms with E-state index >= 15 is 0 Å². The summed E-state index contributed by atoms with van der Waals surface area (Å²) in [6.07, 6.45) is 11.3. The average Bonchev–Trinajstić information content (AvgIpc) is 2.45. The highest BCUT2D eigenvalue weighted by Crippen LogP contribution is 2.20. The molecule has 1 N–H and O–H groups in total. The summed E-state index contributed by atoms with van der Waals surface area (Å²) in [7, 11) is 0. The van der Waals surface area contributed by atoms with Crippen molar-refractivity contribution in [3.05, 3.63) is 0 Å². The lowest BCUT2D eigenvalue weighted by Gasteiger charge is -2.36. The van der Waals surface area contributed by atoms with Crippen LogP contribution in [0.15, 0.2) is 0 Å². The number of carbonyl (C=O) groups is 1. The highest BCUT2D eigenvalue weighted by atomic mass is 16.2. The normalized spacial score (nSPS) is 26.3. The first-order chi connectivity index (χ1) is 8.81. The van der Waals surface area contributed by atoms with Crippen molar-refractivity contribution in [1.29, 1.82) is 0 Å². The molecule has 0 aromatic rings. The number of carbonyl (C=O) groups excluding carboxylic acids is 1. The van der Waals surface area contributed by atoms with Crippen LogP contribution in [0, 0.1) is 0 Å². The lowest BCUT2D eigenvalue weighted by molar-refractivity contribution is -0.134. The van der Waals surface area contributed by atoms with E-state index in [2.05, 4.69) is 17.1 Å². The van der Waals surface area contributed by atoms with Crippen molar-refractivity contribution in [3.8, 4) is 0 Å². The molecule has 1 saturated heterocycles. The molecule has 0 spiro atoms. The zero-order chi connectivity index (χ0) is 12.8. The Morgan fingerprint density at radius 1 is 1.11 bits per heavy atom. The first-order valence-corrected chi connectivity index (χ1v) is 7.84. The monoisotopic (exact) mass is 252 g/mol. The van der Waals surface area contributed by atoms with E-state index in [1.54, 1.807) is 0 Å². The van der Waals surface area contributed by atoms with Crippen LogP contribution in [0.3, 0.4) is 0 Å². The van der Waals surface area contributed by atoms with E-state index in [-0.39, 0.29) is 0 Å². The van der Waals surface area contributed by atoms with Crippen molar-refractivity contribution in [2.24, 2.45) is 0 Å². The van der Waals surface area contributed by atoms with Gasteiger partial charge in [0.25, 0.3) is 0 Å². The molecule has 3 heteroatoms. The molecule has 1 aliphatic carbocycles. The molecule has 18 heavy (non-hydrogen) atoms. The molecule has 0 aromatic carbocycles. The second kappa shape index (κ2) is 7.13. The highest BCUT2D eigenvalue weighted by molar-refractivity contribution is 5.78. The number of nitrogens with one attached hydrogen (secondary N) is 1. The number of likely N-dealkylation sites (tertiary alicyclic amines) is 1. The maximum absolute atomic E-state index is 12.3. The van der Waals surface area contributed by atoms with Crippen molar-refractivity contribution >= 4 is 5.91 Å². The number of piperidine rings is 1. The Kier molecular flexibility index (Phi) is 5.48. The van der Waals surface area contributed by atoms with Crippen molar-refractivity contribution in [3.63, 3.8) is 0 Å². The van der Waals surface area contributed by atoms with Gasteiger partial charge in [0, 0.05) is 18.6 Å². The summed E-state index contributed by atoms with van der Waals surface area (Å²) < 4.78 is 0. The van der Waals surface area contributed by atoms with Gasteiger partial charge in [-0.2, -0.15) is 0 Å². The third kappa shape index (κ3) is 3.71. The van der Waals surface area contributed by atoms with E-state index in [1.807, 2.05) is 0 Å². The smallest absolute Gasteiger partial charge is 0.236 e. The van der Waals surface area contributed by atoms with Gasteiger partial charge in [-0.15, -0.1) is 0 Å². The molecule has 0 bridgehead atoms. The second-order valence-corrected chi connectivity index (χ2v) is 5.86. The van der Waals surface area contributed by atoms with Gasteiger partial charge in [0.2, 0.25) is 5.91 Å². The van der Waals surface area contributed by atoms with Crippen LogP contribution in [0.5, 0.6) is 0 Å². The lowest BCUT2D eigenvalue weighted by atomic mass is 9.95. The molecule has 0 aromatic heterocycles. The fourth-order valence-electron chi connectivity index (χ4n) is 3.39.